The maximum atomic E-state index is 13.5. The zero-order chi connectivity index (χ0) is 28.8. The van der Waals surface area contributed by atoms with Crippen molar-refractivity contribution in [1.82, 2.24) is 9.62 Å². The van der Waals surface area contributed by atoms with Gasteiger partial charge in [-0.05, 0) is 84.0 Å². The topological polar surface area (TPSA) is 109 Å². The monoisotopic (exact) mass is 577 g/mol. The minimum absolute atomic E-state index is 0.00670. The van der Waals surface area contributed by atoms with Crippen molar-refractivity contribution in [1.29, 1.82) is 5.26 Å². The molecule has 10 heteroatoms. The number of rotatable bonds is 10. The van der Waals surface area contributed by atoms with E-state index in [0.717, 1.165) is 28.1 Å². The molecule has 40 heavy (non-hydrogen) atoms. The summed E-state index contributed by atoms with van der Waals surface area (Å²) in [7, 11) is -2.16. The summed E-state index contributed by atoms with van der Waals surface area (Å²) in [5.74, 6) is 0.491. The predicted octanol–water partition coefficient (Wildman–Crippen LogP) is 4.70. The SMILES string of the molecule is CCS(=O)(=O)NC(=O)C1(COc2ccc(-c3ccc(C#N)cc3)cc2)CCN(/C(=C/S)c2ccc(OC)cc2)C1. The Morgan fingerprint density at radius 2 is 1.65 bits per heavy atom. The Morgan fingerprint density at radius 1 is 1.05 bits per heavy atom. The zero-order valence-electron chi connectivity index (χ0n) is 22.3. The smallest absolute Gasteiger partial charge is 0.244 e. The lowest BCUT2D eigenvalue weighted by Crippen LogP contribution is -2.48. The summed E-state index contributed by atoms with van der Waals surface area (Å²) in [5.41, 5.74) is 3.10. The van der Waals surface area contributed by atoms with Gasteiger partial charge in [0, 0.05) is 13.1 Å². The molecule has 1 amide bonds. The summed E-state index contributed by atoms with van der Waals surface area (Å²) in [5, 5.41) is 10.7. The standard InChI is InChI=1S/C30H31N3O5S2/c1-3-40(35,36)32-29(34)30(16-17-33(20-30)28(19-39)25-10-12-26(37-2)13-11-25)21-38-27-14-8-24(9-15-27)23-6-4-22(18-31)5-7-23/h4-15,19,39H,3,16-17,20-21H2,1-2H3,(H,32,34)/b28-19+. The van der Waals surface area contributed by atoms with E-state index in [9.17, 15) is 13.2 Å². The summed E-state index contributed by atoms with van der Waals surface area (Å²) >= 11 is 4.43. The second-order valence-corrected chi connectivity index (χ2v) is 11.8. The maximum absolute atomic E-state index is 13.5. The number of ether oxygens (including phenoxy) is 2. The Balaban J connectivity index is 1.54. The van der Waals surface area contributed by atoms with Crippen molar-refractivity contribution in [2.45, 2.75) is 13.3 Å². The Morgan fingerprint density at radius 3 is 2.20 bits per heavy atom. The molecule has 1 N–H and O–H groups in total. The summed E-state index contributed by atoms with van der Waals surface area (Å²) in [6.45, 7) is 2.24. The predicted molar refractivity (Wildman–Crippen MR) is 158 cm³/mol. The molecule has 1 aliphatic heterocycles. The van der Waals surface area contributed by atoms with Crippen LogP contribution in [0.15, 0.2) is 78.2 Å². The van der Waals surface area contributed by atoms with E-state index < -0.39 is 21.3 Å². The molecule has 1 saturated heterocycles. The van der Waals surface area contributed by atoms with Crippen LogP contribution in [0.25, 0.3) is 16.8 Å². The van der Waals surface area contributed by atoms with Gasteiger partial charge in [-0.1, -0.05) is 24.3 Å². The third-order valence-electron chi connectivity index (χ3n) is 7.03. The van der Waals surface area contributed by atoms with E-state index in [-0.39, 0.29) is 18.9 Å². The molecule has 0 bridgehead atoms. The maximum Gasteiger partial charge on any atom is 0.244 e. The molecular formula is C30H31N3O5S2. The summed E-state index contributed by atoms with van der Waals surface area (Å²) in [4.78, 5) is 15.5. The van der Waals surface area contributed by atoms with Gasteiger partial charge in [0.15, 0.2) is 0 Å². The number of hydrogen-bond acceptors (Lipinski definition) is 8. The molecule has 3 aromatic carbocycles. The van der Waals surface area contributed by atoms with E-state index in [2.05, 4.69) is 23.4 Å². The fourth-order valence-corrected chi connectivity index (χ4v) is 5.53. The van der Waals surface area contributed by atoms with Gasteiger partial charge in [-0.25, -0.2) is 8.42 Å². The van der Waals surface area contributed by atoms with Gasteiger partial charge in [-0.3, -0.25) is 9.52 Å². The number of benzene rings is 3. The zero-order valence-corrected chi connectivity index (χ0v) is 24.0. The number of nitriles is 1. The molecule has 0 radical (unpaired) electrons. The third kappa shape index (κ3) is 6.61. The second-order valence-electron chi connectivity index (χ2n) is 9.53. The number of nitrogens with zero attached hydrogens (tertiary/aromatic N) is 2. The van der Waals surface area contributed by atoms with Gasteiger partial charge in [-0.2, -0.15) is 5.26 Å². The van der Waals surface area contributed by atoms with Crippen molar-refractivity contribution >= 4 is 34.3 Å². The third-order valence-corrected chi connectivity index (χ3v) is 8.53. The van der Waals surface area contributed by atoms with E-state index in [1.54, 1.807) is 24.7 Å². The number of nitrogens with one attached hydrogen (secondary N) is 1. The highest BCUT2D eigenvalue weighted by Gasteiger charge is 2.47. The van der Waals surface area contributed by atoms with Crippen LogP contribution in [0.4, 0.5) is 0 Å². The highest BCUT2D eigenvalue weighted by atomic mass is 32.2. The molecule has 1 atom stereocenters. The quantitative estimate of drug-likeness (QED) is 0.336. The lowest BCUT2D eigenvalue weighted by molar-refractivity contribution is -0.130. The van der Waals surface area contributed by atoms with Gasteiger partial charge in [0.2, 0.25) is 15.9 Å². The molecule has 0 aromatic heterocycles. The molecule has 1 heterocycles. The van der Waals surface area contributed by atoms with Crippen molar-refractivity contribution in [3.8, 4) is 28.7 Å². The molecular weight excluding hydrogens is 546 g/mol. The van der Waals surface area contributed by atoms with E-state index in [1.165, 1.54) is 6.92 Å². The van der Waals surface area contributed by atoms with Crippen LogP contribution in [0.2, 0.25) is 0 Å². The number of amides is 1. The Kier molecular flexibility index (Phi) is 9.07. The first kappa shape index (κ1) is 29.1. The van der Waals surface area contributed by atoms with Crippen molar-refractivity contribution in [3.05, 3.63) is 89.3 Å². The molecule has 3 aromatic rings. The lowest BCUT2D eigenvalue weighted by atomic mass is 9.87. The molecule has 0 saturated carbocycles. The number of methoxy groups -OCH3 is 1. The van der Waals surface area contributed by atoms with Crippen molar-refractivity contribution < 1.29 is 22.7 Å². The van der Waals surface area contributed by atoms with Gasteiger partial charge in [0.05, 0.1) is 30.2 Å². The normalized spacial score (nSPS) is 17.2. The van der Waals surface area contributed by atoms with Crippen LogP contribution in [-0.2, 0) is 14.8 Å². The number of carbonyl (C=O) groups is 1. The van der Waals surface area contributed by atoms with Gasteiger partial charge in [0.1, 0.15) is 23.5 Å². The van der Waals surface area contributed by atoms with Crippen LogP contribution < -0.4 is 14.2 Å². The van der Waals surface area contributed by atoms with E-state index >= 15 is 0 Å². The molecule has 4 rings (SSSR count). The van der Waals surface area contributed by atoms with Crippen LogP contribution in [0.5, 0.6) is 11.5 Å². The Bertz CT molecular complexity index is 1510. The number of thiol groups is 1. The summed E-state index contributed by atoms with van der Waals surface area (Å²) < 4.78 is 38.2. The average molecular weight is 578 g/mol. The van der Waals surface area contributed by atoms with Gasteiger partial charge in [-0.15, -0.1) is 12.6 Å². The van der Waals surface area contributed by atoms with Crippen molar-refractivity contribution in [2.24, 2.45) is 5.41 Å². The number of likely N-dealkylation sites (tertiary alicyclic amines) is 1. The van der Waals surface area contributed by atoms with Crippen molar-refractivity contribution in [2.75, 3.05) is 32.6 Å². The molecule has 1 fully saturated rings. The largest absolute Gasteiger partial charge is 0.497 e. The van der Waals surface area contributed by atoms with Crippen LogP contribution in [0.3, 0.4) is 0 Å². The highest BCUT2D eigenvalue weighted by molar-refractivity contribution is 7.90. The molecule has 0 aliphatic carbocycles. The average Bonchev–Trinajstić information content (AvgIpc) is 3.42. The minimum Gasteiger partial charge on any atom is -0.497 e. The van der Waals surface area contributed by atoms with Crippen molar-refractivity contribution in [3.63, 3.8) is 0 Å². The number of carbonyl (C=O) groups excluding carboxylic acids is 1. The fourth-order valence-electron chi connectivity index (χ4n) is 4.57. The number of sulfonamides is 1. The minimum atomic E-state index is -3.76. The molecule has 208 valence electrons. The molecule has 0 spiro atoms. The first-order chi connectivity index (χ1) is 19.2. The summed E-state index contributed by atoms with van der Waals surface area (Å²) in [6, 6.07) is 24.3. The molecule has 1 unspecified atom stereocenters. The van der Waals surface area contributed by atoms with Crippen LogP contribution >= 0.6 is 12.6 Å². The van der Waals surface area contributed by atoms with Gasteiger partial charge in [0.25, 0.3) is 0 Å². The fraction of sp³-hybridized carbons (Fsp3) is 0.267. The van der Waals surface area contributed by atoms with E-state index in [4.69, 9.17) is 14.7 Å². The lowest BCUT2D eigenvalue weighted by Gasteiger charge is -2.29. The number of hydrogen-bond donors (Lipinski definition) is 2. The van der Waals surface area contributed by atoms with Crippen LogP contribution in [-0.4, -0.2) is 51.8 Å². The van der Waals surface area contributed by atoms with E-state index in [1.807, 2.05) is 65.6 Å². The van der Waals surface area contributed by atoms with Crippen LogP contribution in [0.1, 0.15) is 24.5 Å². The van der Waals surface area contributed by atoms with Gasteiger partial charge >= 0.3 is 0 Å². The summed E-state index contributed by atoms with van der Waals surface area (Å²) in [6.07, 6.45) is 0.392. The molecule has 8 nitrogen and oxygen atoms in total. The van der Waals surface area contributed by atoms with E-state index in [0.29, 0.717) is 24.3 Å². The van der Waals surface area contributed by atoms with Gasteiger partial charge < -0.3 is 14.4 Å². The first-order valence-electron chi connectivity index (χ1n) is 12.7. The Hall–Kier alpha value is -3.94. The molecule has 1 aliphatic rings. The highest BCUT2D eigenvalue weighted by Crippen LogP contribution is 2.37. The Labute approximate surface area is 240 Å². The van der Waals surface area contributed by atoms with Crippen LogP contribution in [0, 0.1) is 16.7 Å². The first-order valence-corrected chi connectivity index (χ1v) is 14.9. The second kappa shape index (κ2) is 12.5.